The van der Waals surface area contributed by atoms with Crippen molar-refractivity contribution in [2.24, 2.45) is 0 Å². The van der Waals surface area contributed by atoms with Crippen molar-refractivity contribution in [1.29, 1.82) is 0 Å². The van der Waals surface area contributed by atoms with Crippen LogP contribution >= 0.6 is 23.2 Å². The number of hydrogen-bond acceptors (Lipinski definition) is 4. The predicted octanol–water partition coefficient (Wildman–Crippen LogP) is 4.57. The molecule has 2 amide bonds. The smallest absolute Gasteiger partial charge is 0.355 e. The predicted molar refractivity (Wildman–Crippen MR) is 113 cm³/mol. The Kier molecular flexibility index (Phi) is 6.75. The molecule has 0 radical (unpaired) electrons. The third-order valence-corrected chi connectivity index (χ3v) is 5.01. The Morgan fingerprint density at radius 3 is 2.50 bits per heavy atom. The molecular formula is C20H16Cl2F3N5O2. The molecule has 0 atom stereocenters. The van der Waals surface area contributed by atoms with E-state index in [0.717, 1.165) is 0 Å². The van der Waals surface area contributed by atoms with E-state index in [2.05, 4.69) is 20.7 Å². The summed E-state index contributed by atoms with van der Waals surface area (Å²) in [6.45, 7) is 1.20. The van der Waals surface area contributed by atoms with Gasteiger partial charge in [-0.2, -0.15) is 18.3 Å². The van der Waals surface area contributed by atoms with Gasteiger partial charge in [0.2, 0.25) is 0 Å². The molecule has 3 aromatic rings. The van der Waals surface area contributed by atoms with Gasteiger partial charge in [-0.1, -0.05) is 23.2 Å². The van der Waals surface area contributed by atoms with Crippen LogP contribution in [0.4, 0.5) is 18.9 Å². The highest BCUT2D eigenvalue weighted by molar-refractivity contribution is 6.31. The van der Waals surface area contributed by atoms with E-state index in [1.54, 1.807) is 6.92 Å². The van der Waals surface area contributed by atoms with Crippen molar-refractivity contribution in [2.75, 3.05) is 12.4 Å². The van der Waals surface area contributed by atoms with Gasteiger partial charge >= 0.3 is 6.18 Å². The first-order chi connectivity index (χ1) is 15.0. The molecule has 1 aromatic carbocycles. The molecule has 0 aliphatic rings. The highest BCUT2D eigenvalue weighted by Gasteiger charge is 2.37. The summed E-state index contributed by atoms with van der Waals surface area (Å²) >= 11 is 12.0. The second kappa shape index (κ2) is 9.17. The summed E-state index contributed by atoms with van der Waals surface area (Å²) in [6.07, 6.45) is -3.40. The van der Waals surface area contributed by atoms with Crippen molar-refractivity contribution >= 4 is 40.7 Å². The Bertz CT molecular complexity index is 1190. The lowest BCUT2D eigenvalue weighted by atomic mass is 10.1. The highest BCUT2D eigenvalue weighted by atomic mass is 35.5. The summed E-state index contributed by atoms with van der Waals surface area (Å²) in [5, 5.41) is 9.11. The van der Waals surface area contributed by atoms with Gasteiger partial charge in [-0.05, 0) is 36.8 Å². The first-order valence-electron chi connectivity index (χ1n) is 9.09. The number of rotatable bonds is 5. The number of nitrogens with zero attached hydrogens (tertiary/aromatic N) is 3. The van der Waals surface area contributed by atoms with E-state index in [9.17, 15) is 22.8 Å². The number of anilines is 1. The Balaban J connectivity index is 1.99. The van der Waals surface area contributed by atoms with Gasteiger partial charge in [-0.3, -0.25) is 19.3 Å². The highest BCUT2D eigenvalue weighted by Crippen LogP contribution is 2.31. The molecule has 168 valence electrons. The number of amides is 2. The minimum Gasteiger partial charge on any atom is -0.355 e. The van der Waals surface area contributed by atoms with Gasteiger partial charge in [0.15, 0.2) is 5.69 Å². The number of aromatic nitrogens is 3. The average Bonchev–Trinajstić information content (AvgIpc) is 3.15. The summed E-state index contributed by atoms with van der Waals surface area (Å²) in [6, 6.07) is 6.49. The van der Waals surface area contributed by atoms with Gasteiger partial charge < -0.3 is 10.6 Å². The van der Waals surface area contributed by atoms with Crippen LogP contribution in [0.25, 0.3) is 0 Å². The minimum atomic E-state index is -4.78. The molecule has 3 rings (SSSR count). The number of carbonyl (C=O) groups excluding carboxylic acids is 2. The third-order valence-electron chi connectivity index (χ3n) is 4.45. The summed E-state index contributed by atoms with van der Waals surface area (Å²) in [5.74, 6) is -1.46. The molecule has 0 saturated carbocycles. The molecule has 12 heteroatoms. The Morgan fingerprint density at radius 1 is 1.16 bits per heavy atom. The molecule has 0 bridgehead atoms. The van der Waals surface area contributed by atoms with Crippen LogP contribution in [0.1, 0.15) is 37.8 Å². The molecular weight excluding hydrogens is 470 g/mol. The van der Waals surface area contributed by atoms with E-state index in [0.29, 0.717) is 16.3 Å². The summed E-state index contributed by atoms with van der Waals surface area (Å²) < 4.78 is 41.3. The maximum absolute atomic E-state index is 13.6. The first kappa shape index (κ1) is 23.6. The van der Waals surface area contributed by atoms with Crippen molar-refractivity contribution in [2.45, 2.75) is 19.6 Å². The topological polar surface area (TPSA) is 88.9 Å². The van der Waals surface area contributed by atoms with E-state index in [-0.39, 0.29) is 27.0 Å². The fourth-order valence-corrected chi connectivity index (χ4v) is 3.41. The van der Waals surface area contributed by atoms with E-state index < -0.39 is 35.9 Å². The van der Waals surface area contributed by atoms with Crippen LogP contribution in [-0.4, -0.2) is 33.6 Å². The number of nitrogens with one attached hydrogen (secondary N) is 2. The number of carbonyl (C=O) groups is 2. The Morgan fingerprint density at radius 2 is 1.88 bits per heavy atom. The largest absolute Gasteiger partial charge is 0.433 e. The summed E-state index contributed by atoms with van der Waals surface area (Å²) in [4.78, 5) is 28.9. The van der Waals surface area contributed by atoms with Crippen LogP contribution in [0, 0.1) is 6.92 Å². The fraction of sp³-hybridized carbons (Fsp3) is 0.200. The normalized spacial score (nSPS) is 11.3. The molecule has 0 aliphatic carbocycles. The lowest BCUT2D eigenvalue weighted by Gasteiger charge is -2.13. The molecule has 0 spiro atoms. The van der Waals surface area contributed by atoms with Crippen molar-refractivity contribution in [3.05, 3.63) is 74.8 Å². The minimum absolute atomic E-state index is 0.0570. The zero-order valence-corrected chi connectivity index (χ0v) is 18.2. The van der Waals surface area contributed by atoms with E-state index in [1.165, 1.54) is 37.5 Å². The Hall–Kier alpha value is -3.11. The van der Waals surface area contributed by atoms with E-state index in [1.807, 2.05) is 0 Å². The fourth-order valence-electron chi connectivity index (χ4n) is 2.95. The molecule has 32 heavy (non-hydrogen) atoms. The summed E-state index contributed by atoms with van der Waals surface area (Å²) in [5.41, 5.74) is -0.882. The maximum atomic E-state index is 13.6. The zero-order valence-electron chi connectivity index (χ0n) is 16.7. The molecule has 7 nitrogen and oxygen atoms in total. The van der Waals surface area contributed by atoms with Gasteiger partial charge in [0.05, 0.1) is 28.5 Å². The van der Waals surface area contributed by atoms with Crippen LogP contribution in [0.5, 0.6) is 0 Å². The number of benzene rings is 1. The average molecular weight is 486 g/mol. The number of hydrogen-bond donors (Lipinski definition) is 2. The molecule has 0 unspecified atom stereocenters. The van der Waals surface area contributed by atoms with Crippen molar-refractivity contribution in [1.82, 2.24) is 20.1 Å². The maximum Gasteiger partial charge on any atom is 0.433 e. The van der Waals surface area contributed by atoms with Gasteiger partial charge in [0.25, 0.3) is 11.8 Å². The van der Waals surface area contributed by atoms with Gasteiger partial charge in [0, 0.05) is 24.3 Å². The van der Waals surface area contributed by atoms with Crippen molar-refractivity contribution in [3.8, 4) is 0 Å². The molecule has 0 aliphatic heterocycles. The third kappa shape index (κ3) is 5.03. The number of pyridine rings is 1. The van der Waals surface area contributed by atoms with Crippen LogP contribution in [0.2, 0.25) is 10.0 Å². The van der Waals surface area contributed by atoms with Gasteiger partial charge in [0.1, 0.15) is 5.69 Å². The molecule has 2 aromatic heterocycles. The number of alkyl halides is 3. The lowest BCUT2D eigenvalue weighted by molar-refractivity contribution is -0.144. The number of aryl methyl sites for hydroxylation is 1. The first-order valence-corrected chi connectivity index (χ1v) is 9.85. The van der Waals surface area contributed by atoms with Crippen LogP contribution in [0.3, 0.4) is 0 Å². The van der Waals surface area contributed by atoms with Crippen LogP contribution in [-0.2, 0) is 12.7 Å². The van der Waals surface area contributed by atoms with Gasteiger partial charge in [-0.15, -0.1) is 0 Å². The molecule has 2 N–H and O–H groups in total. The van der Waals surface area contributed by atoms with Crippen LogP contribution in [0.15, 0.2) is 36.5 Å². The quantitative estimate of drug-likeness (QED) is 0.553. The zero-order chi connectivity index (χ0) is 23.6. The molecule has 0 saturated heterocycles. The molecule has 2 heterocycles. The monoisotopic (exact) mass is 485 g/mol. The van der Waals surface area contributed by atoms with Crippen molar-refractivity contribution in [3.63, 3.8) is 0 Å². The summed E-state index contributed by atoms with van der Waals surface area (Å²) in [7, 11) is 1.39. The van der Waals surface area contributed by atoms with E-state index in [4.69, 9.17) is 23.2 Å². The van der Waals surface area contributed by atoms with Crippen molar-refractivity contribution < 1.29 is 22.8 Å². The standard InChI is InChI=1S/C20H16Cl2F3N5O2/c1-10-6-11(21)7-12(18(31)26-2)17(10)28-19(32)14-8-16(20(23,24)25)30(29-14)9-15-13(22)4-3-5-27-15/h3-8H,9H2,1-2H3,(H,26,31)(H,28,32). The lowest BCUT2D eigenvalue weighted by Crippen LogP contribution is -2.22. The molecule has 0 fully saturated rings. The second-order valence-corrected chi connectivity index (χ2v) is 7.52. The SMILES string of the molecule is CNC(=O)c1cc(Cl)cc(C)c1NC(=O)c1cc(C(F)(F)F)n(Cc2ncccc2Cl)n1. The Labute approximate surface area is 190 Å². The van der Waals surface area contributed by atoms with E-state index >= 15 is 0 Å². The van der Waals surface area contributed by atoms with Gasteiger partial charge in [-0.25, -0.2) is 0 Å². The van der Waals surface area contributed by atoms with Crippen LogP contribution < -0.4 is 10.6 Å². The second-order valence-electron chi connectivity index (χ2n) is 6.68. The number of halogens is 5.